The fourth-order valence-electron chi connectivity index (χ4n) is 3.81. The van der Waals surface area contributed by atoms with Crippen molar-refractivity contribution < 1.29 is 4.74 Å². The summed E-state index contributed by atoms with van der Waals surface area (Å²) in [5, 5.41) is 4.12. The van der Waals surface area contributed by atoms with Gasteiger partial charge in [-0.3, -0.25) is 14.7 Å². The average Bonchev–Trinajstić information content (AvgIpc) is 3.34. The summed E-state index contributed by atoms with van der Waals surface area (Å²) in [4.78, 5) is 30.5. The van der Waals surface area contributed by atoms with Crippen LogP contribution in [0.1, 0.15) is 11.3 Å². The number of aromatic nitrogens is 4. The van der Waals surface area contributed by atoms with Crippen LogP contribution in [0.4, 0.5) is 0 Å². The maximum Gasteiger partial charge on any atom is 0.282 e. The van der Waals surface area contributed by atoms with Gasteiger partial charge in [0.15, 0.2) is 0 Å². The molecule has 3 heterocycles. The number of para-hydroxylation sites is 1. The number of hydrogen-bond donors (Lipinski definition) is 1. The Bertz CT molecular complexity index is 1490. The Morgan fingerprint density at radius 3 is 2.61 bits per heavy atom. The molecule has 7 nitrogen and oxygen atoms in total. The predicted octanol–water partition coefficient (Wildman–Crippen LogP) is 3.65. The van der Waals surface area contributed by atoms with Crippen LogP contribution in [0.3, 0.4) is 0 Å². The second-order valence-corrected chi connectivity index (χ2v) is 8.33. The number of benzene rings is 2. The van der Waals surface area contributed by atoms with Gasteiger partial charge in [0.25, 0.3) is 11.1 Å². The number of aromatic amines is 1. The fourth-order valence-corrected chi connectivity index (χ4v) is 4.74. The van der Waals surface area contributed by atoms with Crippen molar-refractivity contribution in [3.05, 3.63) is 86.6 Å². The number of rotatable bonds is 5. The van der Waals surface area contributed by atoms with Crippen LogP contribution < -0.4 is 15.9 Å². The summed E-state index contributed by atoms with van der Waals surface area (Å²) >= 11 is 1.43. The van der Waals surface area contributed by atoms with Gasteiger partial charge in [0.1, 0.15) is 5.75 Å². The van der Waals surface area contributed by atoms with Crippen LogP contribution in [0.25, 0.3) is 26.3 Å². The van der Waals surface area contributed by atoms with Crippen LogP contribution >= 0.6 is 11.3 Å². The Kier molecular flexibility index (Phi) is 4.71. The Balaban J connectivity index is 1.54. The van der Waals surface area contributed by atoms with Crippen LogP contribution in [0.5, 0.6) is 5.75 Å². The molecule has 0 atom stereocenters. The van der Waals surface area contributed by atoms with E-state index in [4.69, 9.17) is 4.74 Å². The van der Waals surface area contributed by atoms with E-state index in [9.17, 15) is 9.59 Å². The molecule has 0 radical (unpaired) electrons. The summed E-state index contributed by atoms with van der Waals surface area (Å²) in [6.45, 7) is 2.30. The zero-order valence-corrected chi connectivity index (χ0v) is 17.9. The molecule has 5 rings (SSSR count). The molecule has 0 bridgehead atoms. The molecule has 3 aromatic heterocycles. The normalized spacial score (nSPS) is 11.4. The lowest BCUT2D eigenvalue weighted by molar-refractivity contribution is 0.414. The number of nitrogens with one attached hydrogen (secondary N) is 1. The molecule has 31 heavy (non-hydrogen) atoms. The first kappa shape index (κ1) is 19.3. The minimum absolute atomic E-state index is 0.142. The van der Waals surface area contributed by atoms with E-state index in [0.29, 0.717) is 34.7 Å². The number of methoxy groups -OCH3 is 1. The SMILES string of the molecule is COc1ccc(CCn2c(C)c3c(=O)n(-c4nc5ccccc5s4)[nH]c3cc2=O)cc1. The lowest BCUT2D eigenvalue weighted by atomic mass is 10.1. The van der Waals surface area contributed by atoms with E-state index >= 15 is 0 Å². The summed E-state index contributed by atoms with van der Waals surface area (Å²) in [5.41, 5.74) is 2.75. The molecule has 0 amide bonds. The van der Waals surface area contributed by atoms with E-state index in [1.54, 1.807) is 11.7 Å². The lowest BCUT2D eigenvalue weighted by Gasteiger charge is -2.10. The molecule has 1 N–H and O–H groups in total. The molecule has 0 fully saturated rings. The minimum atomic E-state index is -0.204. The molecular weight excluding hydrogens is 412 g/mol. The van der Waals surface area contributed by atoms with Gasteiger partial charge in [0.2, 0.25) is 5.13 Å². The largest absolute Gasteiger partial charge is 0.497 e. The van der Waals surface area contributed by atoms with Gasteiger partial charge in [-0.05, 0) is 43.2 Å². The number of hydrogen-bond acceptors (Lipinski definition) is 5. The van der Waals surface area contributed by atoms with Gasteiger partial charge in [-0.25, -0.2) is 4.98 Å². The van der Waals surface area contributed by atoms with Crippen LogP contribution in [0.2, 0.25) is 0 Å². The molecule has 0 aliphatic heterocycles. The summed E-state index contributed by atoms with van der Waals surface area (Å²) in [5.74, 6) is 0.793. The maximum absolute atomic E-state index is 13.2. The first-order valence-electron chi connectivity index (χ1n) is 9.89. The first-order chi connectivity index (χ1) is 15.0. The molecule has 0 saturated heterocycles. The summed E-state index contributed by atoms with van der Waals surface area (Å²) < 4.78 is 9.27. The number of pyridine rings is 1. The molecule has 0 unspecified atom stereocenters. The van der Waals surface area contributed by atoms with Gasteiger partial charge in [-0.2, -0.15) is 4.68 Å². The third-order valence-corrected chi connectivity index (χ3v) is 6.50. The van der Waals surface area contributed by atoms with Crippen molar-refractivity contribution in [2.24, 2.45) is 0 Å². The van der Waals surface area contributed by atoms with E-state index in [1.807, 2.05) is 55.5 Å². The van der Waals surface area contributed by atoms with Gasteiger partial charge in [0.05, 0.1) is 28.2 Å². The van der Waals surface area contributed by atoms with Crippen molar-refractivity contribution in [1.29, 1.82) is 0 Å². The number of thiazole rings is 1. The van der Waals surface area contributed by atoms with Crippen molar-refractivity contribution in [3.8, 4) is 10.9 Å². The summed E-state index contributed by atoms with van der Waals surface area (Å²) in [7, 11) is 1.63. The number of fused-ring (bicyclic) bond motifs is 2. The predicted molar refractivity (Wildman–Crippen MR) is 123 cm³/mol. The van der Waals surface area contributed by atoms with Crippen LogP contribution in [-0.2, 0) is 13.0 Å². The molecule has 0 spiro atoms. The van der Waals surface area contributed by atoms with Crippen molar-refractivity contribution in [1.82, 2.24) is 19.3 Å². The number of aryl methyl sites for hydroxylation is 2. The highest BCUT2D eigenvalue weighted by Crippen LogP contribution is 2.24. The minimum Gasteiger partial charge on any atom is -0.497 e. The highest BCUT2D eigenvalue weighted by atomic mass is 32.1. The summed E-state index contributed by atoms with van der Waals surface area (Å²) in [6, 6.07) is 17.0. The van der Waals surface area contributed by atoms with Gasteiger partial charge < -0.3 is 9.30 Å². The Morgan fingerprint density at radius 1 is 1.10 bits per heavy atom. The third kappa shape index (κ3) is 3.34. The maximum atomic E-state index is 13.2. The smallest absolute Gasteiger partial charge is 0.282 e. The third-order valence-electron chi connectivity index (χ3n) is 5.48. The highest BCUT2D eigenvalue weighted by molar-refractivity contribution is 7.20. The van der Waals surface area contributed by atoms with E-state index in [1.165, 1.54) is 22.1 Å². The highest BCUT2D eigenvalue weighted by Gasteiger charge is 2.17. The molecule has 0 saturated carbocycles. The van der Waals surface area contributed by atoms with Gasteiger partial charge in [0, 0.05) is 18.3 Å². The summed E-state index contributed by atoms with van der Waals surface area (Å²) in [6.07, 6.45) is 0.673. The Morgan fingerprint density at radius 2 is 1.87 bits per heavy atom. The van der Waals surface area contributed by atoms with Crippen LogP contribution in [0, 0.1) is 6.92 Å². The van der Waals surface area contributed by atoms with Crippen molar-refractivity contribution in [2.45, 2.75) is 19.9 Å². The van der Waals surface area contributed by atoms with E-state index < -0.39 is 0 Å². The second kappa shape index (κ2) is 7.55. The van der Waals surface area contributed by atoms with Crippen molar-refractivity contribution in [3.63, 3.8) is 0 Å². The molecule has 156 valence electrons. The Hall–Kier alpha value is -3.65. The topological polar surface area (TPSA) is 81.9 Å². The quantitative estimate of drug-likeness (QED) is 0.460. The van der Waals surface area contributed by atoms with Crippen LogP contribution in [0.15, 0.2) is 64.2 Å². The molecule has 2 aromatic carbocycles. The first-order valence-corrected chi connectivity index (χ1v) is 10.7. The lowest BCUT2D eigenvalue weighted by Crippen LogP contribution is -2.24. The van der Waals surface area contributed by atoms with Gasteiger partial charge in [-0.1, -0.05) is 35.6 Å². The monoisotopic (exact) mass is 432 g/mol. The van der Waals surface area contributed by atoms with E-state index in [0.717, 1.165) is 21.5 Å². The zero-order valence-electron chi connectivity index (χ0n) is 17.1. The van der Waals surface area contributed by atoms with Crippen LogP contribution in [-0.4, -0.2) is 26.4 Å². The molecule has 5 aromatic rings. The average molecular weight is 433 g/mol. The zero-order chi connectivity index (χ0) is 21.5. The standard InChI is InChI=1S/C23H20N4O3S/c1-14-21-18(13-20(28)26(14)12-11-15-7-9-16(30-2)10-8-15)25-27(22(21)29)23-24-17-5-3-4-6-19(17)31-23/h3-10,13,25H,11-12H2,1-2H3. The van der Waals surface area contributed by atoms with Gasteiger partial charge in [-0.15, -0.1) is 0 Å². The van der Waals surface area contributed by atoms with Crippen molar-refractivity contribution >= 4 is 32.5 Å². The molecule has 0 aliphatic rings. The van der Waals surface area contributed by atoms with E-state index in [-0.39, 0.29) is 11.1 Å². The second-order valence-electron chi connectivity index (χ2n) is 7.32. The van der Waals surface area contributed by atoms with E-state index in [2.05, 4.69) is 10.1 Å². The molecule has 8 heteroatoms. The number of ether oxygens (including phenoxy) is 1. The number of nitrogens with zero attached hydrogens (tertiary/aromatic N) is 3. The molecule has 0 aliphatic carbocycles. The van der Waals surface area contributed by atoms with Gasteiger partial charge >= 0.3 is 0 Å². The molecular formula is C23H20N4O3S. The fraction of sp³-hybridized carbons (Fsp3) is 0.174. The Labute approximate surface area is 181 Å². The number of H-pyrrole nitrogens is 1. The van der Waals surface area contributed by atoms with Crippen molar-refractivity contribution in [2.75, 3.05) is 7.11 Å².